The minimum Gasteiger partial charge on any atom is -0.351 e. The lowest BCUT2D eigenvalue weighted by Gasteiger charge is -2.17. The maximum atomic E-state index is 12.1. The highest BCUT2D eigenvalue weighted by Crippen LogP contribution is 2.13. The second-order valence-electron chi connectivity index (χ2n) is 6.76. The molecule has 3 amide bonds. The van der Waals surface area contributed by atoms with Crippen LogP contribution in [0.3, 0.4) is 0 Å². The van der Waals surface area contributed by atoms with Gasteiger partial charge in [0.1, 0.15) is 0 Å². The highest BCUT2D eigenvalue weighted by Gasteiger charge is 2.30. The zero-order valence-corrected chi connectivity index (χ0v) is 14.7. The number of carbonyl (C=O) groups is 3. The van der Waals surface area contributed by atoms with Crippen LogP contribution >= 0.6 is 0 Å². The molecule has 0 saturated carbocycles. The van der Waals surface area contributed by atoms with Crippen molar-refractivity contribution in [2.24, 2.45) is 5.10 Å². The quantitative estimate of drug-likeness (QED) is 0.763. The molecular weight excluding hydrogens is 332 g/mol. The monoisotopic (exact) mass is 356 g/mol. The number of rotatable bonds is 7. The summed E-state index contributed by atoms with van der Waals surface area (Å²) in [6.07, 6.45) is 3.06. The van der Waals surface area contributed by atoms with E-state index >= 15 is 0 Å². The standard InChI is InChI=1S/C19H24N4O3/c24-17(8-6-15-7-9-18(25)22-21-15)20-16-12-19(26)23(13-16)11-10-14-4-2-1-3-5-14/h1-5,16H,6-13H2,(H,20,24)(H,22,25)/t16-/m1/s1. The molecule has 0 unspecified atom stereocenters. The van der Waals surface area contributed by atoms with Crippen molar-refractivity contribution in [3.63, 3.8) is 0 Å². The molecule has 26 heavy (non-hydrogen) atoms. The molecule has 1 fully saturated rings. The van der Waals surface area contributed by atoms with Crippen LogP contribution in [0.5, 0.6) is 0 Å². The van der Waals surface area contributed by atoms with Gasteiger partial charge < -0.3 is 10.2 Å². The second kappa shape index (κ2) is 8.60. The molecule has 0 aromatic heterocycles. The van der Waals surface area contributed by atoms with Crippen molar-refractivity contribution >= 4 is 23.4 Å². The molecule has 0 spiro atoms. The Morgan fingerprint density at radius 2 is 2.00 bits per heavy atom. The van der Waals surface area contributed by atoms with Crippen molar-refractivity contribution in [2.75, 3.05) is 13.1 Å². The van der Waals surface area contributed by atoms with Crippen molar-refractivity contribution in [3.8, 4) is 0 Å². The van der Waals surface area contributed by atoms with Gasteiger partial charge in [-0.2, -0.15) is 5.10 Å². The molecule has 0 bridgehead atoms. The number of hydrogen-bond donors (Lipinski definition) is 2. The van der Waals surface area contributed by atoms with E-state index in [0.717, 1.165) is 12.1 Å². The highest BCUT2D eigenvalue weighted by molar-refractivity contribution is 5.94. The third-order valence-electron chi connectivity index (χ3n) is 4.71. The Labute approximate surface area is 152 Å². The molecule has 0 aliphatic carbocycles. The SMILES string of the molecule is O=C1CCC(CCC(=O)N[C@@H]2CC(=O)N(CCc3ccccc3)C2)=NN1. The fraction of sp³-hybridized carbons (Fsp3) is 0.474. The molecule has 0 radical (unpaired) electrons. The fourth-order valence-electron chi connectivity index (χ4n) is 3.24. The van der Waals surface area contributed by atoms with Crippen molar-refractivity contribution in [1.82, 2.24) is 15.6 Å². The Morgan fingerprint density at radius 1 is 1.19 bits per heavy atom. The number of hydrogen-bond acceptors (Lipinski definition) is 4. The van der Waals surface area contributed by atoms with Crippen molar-refractivity contribution < 1.29 is 14.4 Å². The summed E-state index contributed by atoms with van der Waals surface area (Å²) < 4.78 is 0. The Balaban J connectivity index is 1.39. The largest absolute Gasteiger partial charge is 0.351 e. The molecule has 1 saturated heterocycles. The van der Waals surface area contributed by atoms with Gasteiger partial charge in [-0.3, -0.25) is 14.4 Å². The Hall–Kier alpha value is -2.70. The highest BCUT2D eigenvalue weighted by atomic mass is 16.2. The van der Waals surface area contributed by atoms with Gasteiger partial charge in [-0.1, -0.05) is 30.3 Å². The number of hydrazone groups is 1. The summed E-state index contributed by atoms with van der Waals surface area (Å²) in [6.45, 7) is 1.24. The van der Waals surface area contributed by atoms with Crippen molar-refractivity contribution in [2.45, 2.75) is 44.6 Å². The van der Waals surface area contributed by atoms with Crippen LogP contribution in [0.4, 0.5) is 0 Å². The molecular formula is C19H24N4O3. The fourth-order valence-corrected chi connectivity index (χ4v) is 3.24. The minimum absolute atomic E-state index is 0.0766. The maximum Gasteiger partial charge on any atom is 0.240 e. The first-order valence-corrected chi connectivity index (χ1v) is 9.05. The summed E-state index contributed by atoms with van der Waals surface area (Å²) in [6, 6.07) is 9.94. The lowest BCUT2D eigenvalue weighted by molar-refractivity contribution is -0.127. The zero-order chi connectivity index (χ0) is 18.4. The smallest absolute Gasteiger partial charge is 0.240 e. The Kier molecular flexibility index (Phi) is 5.99. The van der Waals surface area contributed by atoms with E-state index in [4.69, 9.17) is 0 Å². The summed E-state index contributed by atoms with van der Waals surface area (Å²) in [5.74, 6) is -0.0730. The molecule has 2 heterocycles. The number of carbonyl (C=O) groups excluding carboxylic acids is 3. The van der Waals surface area contributed by atoms with E-state index in [2.05, 4.69) is 28.0 Å². The van der Waals surface area contributed by atoms with Gasteiger partial charge in [-0.05, 0) is 24.8 Å². The van der Waals surface area contributed by atoms with Gasteiger partial charge in [-0.25, -0.2) is 5.43 Å². The van der Waals surface area contributed by atoms with E-state index in [0.29, 0.717) is 45.2 Å². The molecule has 2 aliphatic rings. The van der Waals surface area contributed by atoms with E-state index < -0.39 is 0 Å². The number of benzene rings is 1. The topological polar surface area (TPSA) is 90.9 Å². The van der Waals surface area contributed by atoms with Crippen LogP contribution in [-0.4, -0.2) is 47.5 Å². The van der Waals surface area contributed by atoms with Crippen LogP contribution < -0.4 is 10.7 Å². The lowest BCUT2D eigenvalue weighted by atomic mass is 10.1. The first kappa shape index (κ1) is 18.1. The van der Waals surface area contributed by atoms with Gasteiger partial charge in [0.15, 0.2) is 0 Å². The first-order valence-electron chi connectivity index (χ1n) is 9.05. The molecule has 1 atom stereocenters. The second-order valence-corrected chi connectivity index (χ2v) is 6.76. The minimum atomic E-state index is -0.126. The lowest BCUT2D eigenvalue weighted by Crippen LogP contribution is -2.37. The van der Waals surface area contributed by atoms with E-state index in [1.54, 1.807) is 0 Å². The first-order chi connectivity index (χ1) is 12.6. The van der Waals surface area contributed by atoms with E-state index in [9.17, 15) is 14.4 Å². The van der Waals surface area contributed by atoms with Crippen molar-refractivity contribution in [3.05, 3.63) is 35.9 Å². The van der Waals surface area contributed by atoms with Crippen LogP contribution in [0.2, 0.25) is 0 Å². The van der Waals surface area contributed by atoms with Gasteiger partial charge in [0.2, 0.25) is 17.7 Å². The van der Waals surface area contributed by atoms with Gasteiger partial charge in [-0.15, -0.1) is 0 Å². The molecule has 7 nitrogen and oxygen atoms in total. The van der Waals surface area contributed by atoms with Gasteiger partial charge >= 0.3 is 0 Å². The number of nitrogens with zero attached hydrogens (tertiary/aromatic N) is 2. The number of nitrogens with one attached hydrogen (secondary N) is 2. The molecule has 1 aromatic rings. The van der Waals surface area contributed by atoms with Crippen molar-refractivity contribution in [1.29, 1.82) is 0 Å². The average molecular weight is 356 g/mol. The van der Waals surface area contributed by atoms with Crippen LogP contribution in [0.1, 0.15) is 37.7 Å². The van der Waals surface area contributed by atoms with Gasteiger partial charge in [0.05, 0.1) is 6.04 Å². The molecule has 3 rings (SSSR count). The summed E-state index contributed by atoms with van der Waals surface area (Å²) in [7, 11) is 0. The van der Waals surface area contributed by atoms with E-state index in [1.165, 1.54) is 5.56 Å². The van der Waals surface area contributed by atoms with E-state index in [-0.39, 0.29) is 23.8 Å². The average Bonchev–Trinajstić information content (AvgIpc) is 2.99. The van der Waals surface area contributed by atoms with Crippen LogP contribution in [0.25, 0.3) is 0 Å². The third kappa shape index (κ3) is 5.15. The molecule has 2 aliphatic heterocycles. The summed E-state index contributed by atoms with van der Waals surface area (Å²) in [5.41, 5.74) is 4.48. The summed E-state index contributed by atoms with van der Waals surface area (Å²) in [5, 5.41) is 6.91. The van der Waals surface area contributed by atoms with Crippen LogP contribution in [-0.2, 0) is 20.8 Å². The molecule has 138 valence electrons. The Bertz CT molecular complexity index is 702. The predicted molar refractivity (Wildman–Crippen MR) is 97.3 cm³/mol. The Morgan fingerprint density at radius 3 is 2.73 bits per heavy atom. The summed E-state index contributed by atoms with van der Waals surface area (Å²) in [4.78, 5) is 37.1. The number of amides is 3. The van der Waals surface area contributed by atoms with E-state index in [1.807, 2.05) is 23.1 Å². The summed E-state index contributed by atoms with van der Waals surface area (Å²) >= 11 is 0. The molecule has 1 aromatic carbocycles. The maximum absolute atomic E-state index is 12.1. The normalized spacial score (nSPS) is 19.9. The van der Waals surface area contributed by atoms with Gasteiger partial charge in [0.25, 0.3) is 0 Å². The number of likely N-dealkylation sites (tertiary alicyclic amines) is 1. The zero-order valence-electron chi connectivity index (χ0n) is 14.7. The molecule has 7 heteroatoms. The van der Waals surface area contributed by atoms with Crippen LogP contribution in [0.15, 0.2) is 35.4 Å². The third-order valence-corrected chi connectivity index (χ3v) is 4.71. The van der Waals surface area contributed by atoms with Gasteiger partial charge in [0, 0.05) is 38.1 Å². The predicted octanol–water partition coefficient (Wildman–Crippen LogP) is 0.992. The van der Waals surface area contributed by atoms with Crippen LogP contribution in [0, 0.1) is 0 Å². The molecule has 2 N–H and O–H groups in total.